The maximum atomic E-state index is 9.75. The molecule has 0 saturated carbocycles. The molecule has 2 heteroatoms. The molecule has 0 amide bonds. The third-order valence-corrected chi connectivity index (χ3v) is 6.25. The van der Waals surface area contributed by atoms with E-state index in [2.05, 4.69) is 105 Å². The van der Waals surface area contributed by atoms with E-state index in [1.807, 2.05) is 6.92 Å². The molecule has 0 aromatic heterocycles. The first-order chi connectivity index (χ1) is 15.0. The summed E-state index contributed by atoms with van der Waals surface area (Å²) in [4.78, 5) is 0. The molecule has 1 unspecified atom stereocenters. The molecule has 31 heavy (non-hydrogen) atoms. The highest BCUT2D eigenvalue weighted by molar-refractivity contribution is 5.47. The van der Waals surface area contributed by atoms with Crippen LogP contribution < -0.4 is 0 Å². The predicted molar refractivity (Wildman–Crippen MR) is 129 cm³/mol. The summed E-state index contributed by atoms with van der Waals surface area (Å²) in [6, 6.07) is 31.6. The van der Waals surface area contributed by atoms with Crippen molar-refractivity contribution < 1.29 is 9.84 Å². The van der Waals surface area contributed by atoms with E-state index in [-0.39, 0.29) is 6.10 Å². The van der Waals surface area contributed by atoms with Gasteiger partial charge in [0.25, 0.3) is 0 Å². The summed E-state index contributed by atoms with van der Waals surface area (Å²) in [6.07, 6.45) is 2.58. The van der Waals surface area contributed by atoms with E-state index in [1.54, 1.807) is 0 Å². The van der Waals surface area contributed by atoms with Crippen LogP contribution >= 0.6 is 0 Å². The van der Waals surface area contributed by atoms with Gasteiger partial charge in [-0.05, 0) is 54.7 Å². The van der Waals surface area contributed by atoms with Crippen molar-refractivity contribution in [2.45, 2.75) is 51.7 Å². The van der Waals surface area contributed by atoms with Gasteiger partial charge in [-0.15, -0.1) is 0 Å². The molecule has 1 N–H and O–H groups in total. The standard InChI is InChI=1S/C29H36O2/c1-23(2)25(20-19-24(3)30)21-22-31-29(26-13-7-4-8-14-26,27-15-9-5-10-16-27)28-17-11-6-12-18-28/h4-18,23-25,30H,19-22H2,1-3H3/t24?,25-/m1/s1. The lowest BCUT2D eigenvalue weighted by Crippen LogP contribution is -2.34. The summed E-state index contributed by atoms with van der Waals surface area (Å²) in [6.45, 7) is 7.07. The van der Waals surface area contributed by atoms with Crippen molar-refractivity contribution in [3.8, 4) is 0 Å². The summed E-state index contributed by atoms with van der Waals surface area (Å²) in [5.74, 6) is 1.08. The Morgan fingerprint density at radius 3 is 1.42 bits per heavy atom. The van der Waals surface area contributed by atoms with Gasteiger partial charge in [-0.25, -0.2) is 0 Å². The first-order valence-corrected chi connectivity index (χ1v) is 11.5. The molecule has 0 aliphatic heterocycles. The lowest BCUT2D eigenvalue weighted by molar-refractivity contribution is 0.00152. The molecule has 3 aromatic rings. The third kappa shape index (κ3) is 5.84. The second-order valence-corrected chi connectivity index (χ2v) is 8.85. The summed E-state index contributed by atoms with van der Waals surface area (Å²) >= 11 is 0. The number of ether oxygens (including phenoxy) is 1. The van der Waals surface area contributed by atoms with E-state index < -0.39 is 5.60 Å². The van der Waals surface area contributed by atoms with Crippen molar-refractivity contribution in [3.05, 3.63) is 108 Å². The van der Waals surface area contributed by atoms with Crippen molar-refractivity contribution in [1.82, 2.24) is 0 Å². The number of benzene rings is 3. The second-order valence-electron chi connectivity index (χ2n) is 8.85. The summed E-state index contributed by atoms with van der Waals surface area (Å²) in [5, 5.41) is 9.75. The maximum Gasteiger partial charge on any atom is 0.143 e. The smallest absolute Gasteiger partial charge is 0.143 e. The highest BCUT2D eigenvalue weighted by Gasteiger charge is 2.37. The number of hydrogen-bond acceptors (Lipinski definition) is 2. The maximum absolute atomic E-state index is 9.75. The first kappa shape index (κ1) is 23.2. The zero-order valence-electron chi connectivity index (χ0n) is 19.1. The third-order valence-electron chi connectivity index (χ3n) is 6.25. The number of rotatable bonds is 11. The Kier molecular flexibility index (Phi) is 8.45. The topological polar surface area (TPSA) is 29.5 Å². The molecule has 0 fully saturated rings. The Morgan fingerprint density at radius 1 is 0.645 bits per heavy atom. The van der Waals surface area contributed by atoms with Gasteiger partial charge in [0.15, 0.2) is 0 Å². The van der Waals surface area contributed by atoms with E-state index in [0.29, 0.717) is 18.4 Å². The fraction of sp³-hybridized carbons (Fsp3) is 0.379. The molecule has 0 heterocycles. The van der Waals surface area contributed by atoms with Crippen LogP contribution in [0, 0.1) is 11.8 Å². The largest absolute Gasteiger partial charge is 0.393 e. The minimum atomic E-state index is -0.657. The van der Waals surface area contributed by atoms with Gasteiger partial charge in [-0.1, -0.05) is 105 Å². The van der Waals surface area contributed by atoms with Gasteiger partial charge in [0, 0.05) is 6.61 Å². The van der Waals surface area contributed by atoms with E-state index in [0.717, 1.165) is 36.0 Å². The average molecular weight is 417 g/mol. The molecule has 3 aromatic carbocycles. The number of hydrogen-bond donors (Lipinski definition) is 1. The van der Waals surface area contributed by atoms with Crippen LogP contribution in [-0.4, -0.2) is 17.8 Å². The van der Waals surface area contributed by atoms with Gasteiger partial charge < -0.3 is 9.84 Å². The van der Waals surface area contributed by atoms with Crippen molar-refractivity contribution >= 4 is 0 Å². The minimum absolute atomic E-state index is 0.251. The molecule has 0 aliphatic rings. The Balaban J connectivity index is 1.96. The summed E-state index contributed by atoms with van der Waals surface area (Å²) < 4.78 is 6.91. The van der Waals surface area contributed by atoms with Crippen LogP contribution in [0.2, 0.25) is 0 Å². The summed E-state index contributed by atoms with van der Waals surface area (Å²) in [7, 11) is 0. The molecular weight excluding hydrogens is 380 g/mol. The van der Waals surface area contributed by atoms with Gasteiger partial charge >= 0.3 is 0 Å². The molecule has 0 spiro atoms. The molecule has 164 valence electrons. The molecule has 0 radical (unpaired) electrons. The predicted octanol–water partition coefficient (Wildman–Crippen LogP) is 6.82. The van der Waals surface area contributed by atoms with Crippen molar-refractivity contribution in [3.63, 3.8) is 0 Å². The van der Waals surface area contributed by atoms with Crippen molar-refractivity contribution in [2.24, 2.45) is 11.8 Å². The van der Waals surface area contributed by atoms with Crippen molar-refractivity contribution in [2.75, 3.05) is 6.61 Å². The Morgan fingerprint density at radius 2 is 1.06 bits per heavy atom. The van der Waals surface area contributed by atoms with Gasteiger partial charge in [0.2, 0.25) is 0 Å². The van der Waals surface area contributed by atoms with Crippen LogP contribution in [0.4, 0.5) is 0 Å². The molecule has 3 rings (SSSR count). The fourth-order valence-electron chi connectivity index (χ4n) is 4.40. The molecular formula is C29H36O2. The lowest BCUT2D eigenvalue weighted by atomic mass is 9.80. The summed E-state index contributed by atoms with van der Waals surface area (Å²) in [5.41, 5.74) is 2.75. The Bertz CT molecular complexity index is 776. The van der Waals surface area contributed by atoms with Crippen LogP contribution in [0.3, 0.4) is 0 Å². The van der Waals surface area contributed by atoms with E-state index in [9.17, 15) is 5.11 Å². The van der Waals surface area contributed by atoms with Crippen molar-refractivity contribution in [1.29, 1.82) is 0 Å². The van der Waals surface area contributed by atoms with Gasteiger partial charge in [0.1, 0.15) is 5.60 Å². The van der Waals surface area contributed by atoms with Gasteiger partial charge in [-0.3, -0.25) is 0 Å². The SMILES string of the molecule is CC(O)CC[C@H](CCOC(c1ccccc1)(c1ccccc1)c1ccccc1)C(C)C. The highest BCUT2D eigenvalue weighted by Crippen LogP contribution is 2.41. The van der Waals surface area contributed by atoms with E-state index in [1.165, 1.54) is 0 Å². The highest BCUT2D eigenvalue weighted by atomic mass is 16.5. The van der Waals surface area contributed by atoms with Gasteiger partial charge in [0.05, 0.1) is 6.10 Å². The number of aliphatic hydroxyl groups is 1. The molecule has 0 aliphatic carbocycles. The van der Waals surface area contributed by atoms with Crippen LogP contribution in [0.25, 0.3) is 0 Å². The van der Waals surface area contributed by atoms with Crippen LogP contribution in [0.5, 0.6) is 0 Å². The van der Waals surface area contributed by atoms with Crippen LogP contribution in [0.1, 0.15) is 56.7 Å². The molecule has 2 atom stereocenters. The fourth-order valence-corrected chi connectivity index (χ4v) is 4.40. The van der Waals surface area contributed by atoms with Crippen LogP contribution in [0.15, 0.2) is 91.0 Å². The molecule has 2 nitrogen and oxygen atoms in total. The molecule has 0 saturated heterocycles. The first-order valence-electron chi connectivity index (χ1n) is 11.5. The van der Waals surface area contributed by atoms with Crippen LogP contribution in [-0.2, 0) is 10.3 Å². The van der Waals surface area contributed by atoms with E-state index in [4.69, 9.17) is 4.74 Å². The lowest BCUT2D eigenvalue weighted by Gasteiger charge is -2.36. The second kappa shape index (κ2) is 11.3. The zero-order valence-corrected chi connectivity index (χ0v) is 19.1. The van der Waals surface area contributed by atoms with E-state index >= 15 is 0 Å². The quantitative estimate of drug-likeness (QED) is 0.348. The minimum Gasteiger partial charge on any atom is -0.393 e. The normalized spacial score (nSPS) is 13.8. The zero-order chi connectivity index (χ0) is 22.1. The Hall–Kier alpha value is -2.42. The number of aliphatic hydroxyl groups excluding tert-OH is 1. The Labute approximate surface area is 187 Å². The average Bonchev–Trinajstić information content (AvgIpc) is 2.80. The monoisotopic (exact) mass is 416 g/mol. The van der Waals surface area contributed by atoms with Gasteiger partial charge in [-0.2, -0.15) is 0 Å². The molecule has 0 bridgehead atoms.